The summed E-state index contributed by atoms with van der Waals surface area (Å²) in [6.07, 6.45) is 7.97. The molecule has 178 valence electrons. The molecule has 2 aliphatic rings. The number of hydrogen-bond donors (Lipinski definition) is 2. The average Bonchev–Trinajstić information content (AvgIpc) is 2.78. The highest BCUT2D eigenvalue weighted by Crippen LogP contribution is 2.38. The second kappa shape index (κ2) is 11.2. The number of aliphatic hydroxyl groups is 1. The van der Waals surface area contributed by atoms with Crippen LogP contribution in [-0.2, 0) is 16.0 Å². The fraction of sp³-hybridized carbons (Fsp3) is 0.692. The first-order chi connectivity index (χ1) is 15.3. The van der Waals surface area contributed by atoms with E-state index in [1.807, 2.05) is 51.1 Å². The summed E-state index contributed by atoms with van der Waals surface area (Å²) in [6, 6.07) is 8.87. The predicted molar refractivity (Wildman–Crippen MR) is 125 cm³/mol. The number of carbonyl (C=O) groups excluding carboxylic acids is 2. The Kier molecular flexibility index (Phi) is 8.57. The molecule has 2 unspecified atom stereocenters. The molecule has 2 fully saturated rings. The zero-order valence-corrected chi connectivity index (χ0v) is 19.9. The fourth-order valence-electron chi connectivity index (χ4n) is 5.17. The molecule has 1 aliphatic heterocycles. The van der Waals surface area contributed by atoms with Crippen molar-refractivity contribution < 1.29 is 19.4 Å². The highest BCUT2D eigenvalue weighted by Gasteiger charge is 2.41. The van der Waals surface area contributed by atoms with E-state index in [1.165, 1.54) is 32.1 Å². The lowest BCUT2D eigenvalue weighted by Crippen LogP contribution is -2.57. The lowest BCUT2D eigenvalue weighted by atomic mass is 9.74. The molecule has 1 aromatic carbocycles. The number of rotatable bonds is 6. The molecule has 0 bridgehead atoms. The predicted octanol–water partition coefficient (Wildman–Crippen LogP) is 4.30. The van der Waals surface area contributed by atoms with Crippen LogP contribution < -0.4 is 5.32 Å². The Bertz CT molecular complexity index is 740. The summed E-state index contributed by atoms with van der Waals surface area (Å²) in [5.74, 6) is 0.899. The van der Waals surface area contributed by atoms with Gasteiger partial charge in [-0.25, -0.2) is 4.79 Å². The third-order valence-electron chi connectivity index (χ3n) is 6.78. The molecule has 2 N–H and O–H groups in total. The lowest BCUT2D eigenvalue weighted by molar-refractivity contribution is -0.129. The van der Waals surface area contributed by atoms with Gasteiger partial charge in [0.2, 0.25) is 5.91 Å². The van der Waals surface area contributed by atoms with Gasteiger partial charge >= 0.3 is 6.09 Å². The van der Waals surface area contributed by atoms with Crippen molar-refractivity contribution in [2.45, 2.75) is 89.8 Å². The monoisotopic (exact) mass is 444 g/mol. The summed E-state index contributed by atoms with van der Waals surface area (Å²) < 4.78 is 5.62. The molecule has 6 heteroatoms. The van der Waals surface area contributed by atoms with E-state index in [4.69, 9.17) is 4.74 Å². The quantitative estimate of drug-likeness (QED) is 0.686. The minimum atomic E-state index is -0.612. The number of nitrogens with zero attached hydrogens (tertiary/aromatic N) is 1. The SMILES string of the molecule is CC(C)(C)OC(=O)N1CCC(C2CCCCC2)CC1C(=O)N[C@@H](CO)Cc1ccccc1. The Morgan fingerprint density at radius 2 is 1.78 bits per heavy atom. The summed E-state index contributed by atoms with van der Waals surface area (Å²) in [4.78, 5) is 27.9. The maximum absolute atomic E-state index is 13.4. The minimum Gasteiger partial charge on any atom is -0.444 e. The van der Waals surface area contributed by atoms with E-state index in [2.05, 4.69) is 5.32 Å². The highest BCUT2D eigenvalue weighted by molar-refractivity contribution is 5.86. The zero-order valence-electron chi connectivity index (χ0n) is 19.9. The molecular weight excluding hydrogens is 404 g/mol. The van der Waals surface area contributed by atoms with Gasteiger partial charge in [0.15, 0.2) is 0 Å². The van der Waals surface area contributed by atoms with Crippen LogP contribution in [0.4, 0.5) is 4.79 Å². The summed E-state index contributed by atoms with van der Waals surface area (Å²) in [6.45, 7) is 5.92. The summed E-state index contributed by atoms with van der Waals surface area (Å²) >= 11 is 0. The van der Waals surface area contributed by atoms with Gasteiger partial charge in [0.25, 0.3) is 0 Å². The van der Waals surface area contributed by atoms with Crippen LogP contribution in [0.5, 0.6) is 0 Å². The molecule has 32 heavy (non-hydrogen) atoms. The van der Waals surface area contributed by atoms with E-state index in [0.29, 0.717) is 31.2 Å². The Morgan fingerprint density at radius 3 is 2.41 bits per heavy atom. The summed E-state index contributed by atoms with van der Waals surface area (Å²) in [5, 5.41) is 12.9. The van der Waals surface area contributed by atoms with Crippen LogP contribution in [0.3, 0.4) is 0 Å². The topological polar surface area (TPSA) is 78.9 Å². The first-order valence-electron chi connectivity index (χ1n) is 12.2. The number of hydrogen-bond acceptors (Lipinski definition) is 4. The number of piperidine rings is 1. The lowest BCUT2D eigenvalue weighted by Gasteiger charge is -2.42. The van der Waals surface area contributed by atoms with Gasteiger partial charge < -0.3 is 15.2 Å². The molecule has 1 saturated heterocycles. The molecule has 1 saturated carbocycles. The largest absolute Gasteiger partial charge is 0.444 e. The molecule has 2 amide bonds. The van der Waals surface area contributed by atoms with Gasteiger partial charge in [0.1, 0.15) is 11.6 Å². The normalized spacial score (nSPS) is 23.4. The first-order valence-corrected chi connectivity index (χ1v) is 12.2. The molecule has 1 aromatic rings. The van der Waals surface area contributed by atoms with Crippen LogP contribution in [0.1, 0.15) is 71.3 Å². The first kappa shape index (κ1) is 24.6. The van der Waals surface area contributed by atoms with Gasteiger partial charge in [0.05, 0.1) is 12.6 Å². The van der Waals surface area contributed by atoms with E-state index in [1.54, 1.807) is 4.90 Å². The molecule has 0 spiro atoms. The van der Waals surface area contributed by atoms with Crippen molar-refractivity contribution in [1.29, 1.82) is 0 Å². The Morgan fingerprint density at radius 1 is 1.09 bits per heavy atom. The highest BCUT2D eigenvalue weighted by atomic mass is 16.6. The minimum absolute atomic E-state index is 0.147. The van der Waals surface area contributed by atoms with Gasteiger partial charge in [-0.2, -0.15) is 0 Å². The molecule has 6 nitrogen and oxygen atoms in total. The standard InChI is InChI=1S/C26H40N2O4/c1-26(2,3)32-25(31)28-15-14-21(20-12-8-5-9-13-20)17-23(28)24(30)27-22(18-29)16-19-10-6-4-7-11-19/h4,6-7,10-11,20-23,29H,5,8-9,12-18H2,1-3H3,(H,27,30)/t21?,22-,23?/m1/s1. The number of nitrogens with one attached hydrogen (secondary N) is 1. The van der Waals surface area contributed by atoms with Crippen molar-refractivity contribution >= 4 is 12.0 Å². The van der Waals surface area contributed by atoms with Gasteiger partial charge in [-0.05, 0) is 57.4 Å². The second-order valence-electron chi connectivity index (χ2n) is 10.4. The zero-order chi connectivity index (χ0) is 23.1. The van der Waals surface area contributed by atoms with Gasteiger partial charge in [0, 0.05) is 6.54 Å². The van der Waals surface area contributed by atoms with E-state index < -0.39 is 17.7 Å². The van der Waals surface area contributed by atoms with Gasteiger partial charge in [-0.15, -0.1) is 0 Å². The summed E-state index contributed by atoms with van der Waals surface area (Å²) in [5.41, 5.74) is 0.443. The molecule has 0 radical (unpaired) electrons. The van der Waals surface area contributed by atoms with Gasteiger partial charge in [-0.1, -0.05) is 62.4 Å². The molecule has 0 aromatic heterocycles. The van der Waals surface area contributed by atoms with Crippen LogP contribution in [0, 0.1) is 11.8 Å². The van der Waals surface area contributed by atoms with Crippen molar-refractivity contribution in [3.8, 4) is 0 Å². The van der Waals surface area contributed by atoms with E-state index in [0.717, 1.165) is 12.0 Å². The van der Waals surface area contributed by atoms with Crippen LogP contribution in [0.15, 0.2) is 30.3 Å². The maximum atomic E-state index is 13.4. The maximum Gasteiger partial charge on any atom is 0.410 e. The number of ether oxygens (including phenoxy) is 1. The van der Waals surface area contributed by atoms with Crippen LogP contribution in [-0.4, -0.2) is 52.8 Å². The number of aliphatic hydroxyl groups excluding tert-OH is 1. The Hall–Kier alpha value is -2.08. The van der Waals surface area contributed by atoms with E-state index >= 15 is 0 Å². The van der Waals surface area contributed by atoms with Crippen LogP contribution >= 0.6 is 0 Å². The van der Waals surface area contributed by atoms with Gasteiger partial charge in [-0.3, -0.25) is 9.69 Å². The van der Waals surface area contributed by atoms with Crippen molar-refractivity contribution in [2.75, 3.05) is 13.2 Å². The molecule has 1 aliphatic carbocycles. The van der Waals surface area contributed by atoms with Crippen molar-refractivity contribution in [3.63, 3.8) is 0 Å². The third kappa shape index (κ3) is 6.96. The van der Waals surface area contributed by atoms with Crippen molar-refractivity contribution in [2.24, 2.45) is 11.8 Å². The Labute approximate surface area is 192 Å². The molecule has 3 atom stereocenters. The molecule has 3 rings (SSSR count). The smallest absolute Gasteiger partial charge is 0.410 e. The Balaban J connectivity index is 1.72. The number of carbonyl (C=O) groups is 2. The number of likely N-dealkylation sites (tertiary alicyclic amines) is 1. The average molecular weight is 445 g/mol. The summed E-state index contributed by atoms with van der Waals surface area (Å²) in [7, 11) is 0. The van der Waals surface area contributed by atoms with Crippen molar-refractivity contribution in [1.82, 2.24) is 10.2 Å². The van der Waals surface area contributed by atoms with E-state index in [9.17, 15) is 14.7 Å². The van der Waals surface area contributed by atoms with Crippen LogP contribution in [0.25, 0.3) is 0 Å². The molecular formula is C26H40N2O4. The number of amides is 2. The fourth-order valence-corrected chi connectivity index (χ4v) is 5.17. The molecule has 1 heterocycles. The van der Waals surface area contributed by atoms with Crippen molar-refractivity contribution in [3.05, 3.63) is 35.9 Å². The van der Waals surface area contributed by atoms with E-state index in [-0.39, 0.29) is 18.6 Å². The number of benzene rings is 1. The van der Waals surface area contributed by atoms with Crippen LogP contribution in [0.2, 0.25) is 0 Å². The third-order valence-corrected chi connectivity index (χ3v) is 6.78. The second-order valence-corrected chi connectivity index (χ2v) is 10.4.